The number of carbonyl (C=O) groups excluding carboxylic acids is 1. The van der Waals surface area contributed by atoms with Crippen LogP contribution in [-0.2, 0) is 0 Å². The first-order chi connectivity index (χ1) is 8.67. The van der Waals surface area contributed by atoms with Crippen LogP contribution >= 0.6 is 22.9 Å². The topological polar surface area (TPSA) is 64.9 Å². The molecule has 4 nitrogen and oxygen atoms in total. The Kier molecular flexibility index (Phi) is 4.10. The SMILES string of the molecule is CNC(=O)Nc1sc(Cl)c(C2CCCC2)c1C#N. The minimum Gasteiger partial charge on any atom is -0.341 e. The van der Waals surface area contributed by atoms with Gasteiger partial charge in [0.15, 0.2) is 0 Å². The van der Waals surface area contributed by atoms with E-state index >= 15 is 0 Å². The largest absolute Gasteiger partial charge is 0.341 e. The van der Waals surface area contributed by atoms with Gasteiger partial charge in [0.25, 0.3) is 0 Å². The number of hydrogen-bond acceptors (Lipinski definition) is 3. The summed E-state index contributed by atoms with van der Waals surface area (Å²) in [5.74, 6) is 0.364. The normalized spacial score (nSPS) is 15.4. The van der Waals surface area contributed by atoms with Gasteiger partial charge < -0.3 is 5.32 Å². The number of hydrogen-bond donors (Lipinski definition) is 2. The molecule has 2 N–H and O–H groups in total. The van der Waals surface area contributed by atoms with Crippen molar-refractivity contribution in [3.05, 3.63) is 15.5 Å². The lowest BCUT2D eigenvalue weighted by atomic mass is 9.97. The van der Waals surface area contributed by atoms with Crippen molar-refractivity contribution < 1.29 is 4.79 Å². The Labute approximate surface area is 115 Å². The third-order valence-corrected chi connectivity index (χ3v) is 4.57. The molecule has 0 aromatic carbocycles. The van der Waals surface area contributed by atoms with Crippen molar-refractivity contribution >= 4 is 34.0 Å². The van der Waals surface area contributed by atoms with Gasteiger partial charge in [-0.3, -0.25) is 5.32 Å². The molecule has 1 aromatic rings. The molecule has 1 saturated carbocycles. The highest BCUT2D eigenvalue weighted by Crippen LogP contribution is 2.46. The van der Waals surface area contributed by atoms with Crippen LogP contribution in [0, 0.1) is 11.3 Å². The van der Waals surface area contributed by atoms with Crippen molar-refractivity contribution in [1.29, 1.82) is 5.26 Å². The molecule has 1 fully saturated rings. The number of thiophene rings is 1. The molecule has 0 spiro atoms. The zero-order valence-corrected chi connectivity index (χ0v) is 11.6. The van der Waals surface area contributed by atoms with Crippen molar-refractivity contribution in [1.82, 2.24) is 5.32 Å². The summed E-state index contributed by atoms with van der Waals surface area (Å²) in [5, 5.41) is 15.0. The fourth-order valence-corrected chi connectivity index (χ4v) is 3.80. The first kappa shape index (κ1) is 13.2. The molecule has 2 amide bonds. The van der Waals surface area contributed by atoms with Crippen LogP contribution < -0.4 is 10.6 Å². The number of urea groups is 1. The van der Waals surface area contributed by atoms with Crippen molar-refractivity contribution in [2.75, 3.05) is 12.4 Å². The average Bonchev–Trinajstić information content (AvgIpc) is 2.96. The van der Waals surface area contributed by atoms with Crippen LogP contribution in [0.15, 0.2) is 0 Å². The summed E-state index contributed by atoms with van der Waals surface area (Å²) in [4.78, 5) is 11.3. The predicted molar refractivity (Wildman–Crippen MR) is 73.3 cm³/mol. The highest BCUT2D eigenvalue weighted by molar-refractivity contribution is 7.20. The summed E-state index contributed by atoms with van der Waals surface area (Å²) in [7, 11) is 1.54. The molecule has 18 heavy (non-hydrogen) atoms. The lowest BCUT2D eigenvalue weighted by Crippen LogP contribution is -2.24. The summed E-state index contributed by atoms with van der Waals surface area (Å²) in [6.45, 7) is 0. The van der Waals surface area contributed by atoms with Gasteiger partial charge in [0, 0.05) is 12.6 Å². The molecule has 0 saturated heterocycles. The summed E-state index contributed by atoms with van der Waals surface area (Å²) >= 11 is 7.50. The minimum atomic E-state index is -0.331. The van der Waals surface area contributed by atoms with Crippen molar-refractivity contribution in [3.8, 4) is 6.07 Å². The van der Waals surface area contributed by atoms with Gasteiger partial charge in [-0.25, -0.2) is 4.79 Å². The molecule has 1 aromatic heterocycles. The number of amides is 2. The average molecular weight is 284 g/mol. The highest BCUT2D eigenvalue weighted by atomic mass is 35.5. The summed E-state index contributed by atoms with van der Waals surface area (Å²) in [5.41, 5.74) is 1.45. The Morgan fingerprint density at radius 2 is 2.17 bits per heavy atom. The quantitative estimate of drug-likeness (QED) is 0.869. The predicted octanol–water partition coefficient (Wildman–Crippen LogP) is 3.68. The first-order valence-corrected chi connectivity index (χ1v) is 7.07. The van der Waals surface area contributed by atoms with E-state index in [4.69, 9.17) is 11.6 Å². The fraction of sp³-hybridized carbons (Fsp3) is 0.500. The van der Waals surface area contributed by atoms with Gasteiger partial charge in [0.05, 0.1) is 9.90 Å². The summed E-state index contributed by atoms with van der Waals surface area (Å²) in [6.07, 6.45) is 4.51. The van der Waals surface area contributed by atoms with E-state index in [1.165, 1.54) is 31.2 Å². The molecule has 2 rings (SSSR count). The van der Waals surface area contributed by atoms with Crippen LogP contribution in [0.3, 0.4) is 0 Å². The van der Waals surface area contributed by atoms with E-state index in [-0.39, 0.29) is 6.03 Å². The molecule has 6 heteroatoms. The van der Waals surface area contributed by atoms with E-state index in [1.807, 2.05) is 0 Å². The molecular formula is C12H14ClN3OS. The second-order valence-electron chi connectivity index (χ2n) is 4.29. The van der Waals surface area contributed by atoms with E-state index in [9.17, 15) is 10.1 Å². The van der Waals surface area contributed by atoms with Gasteiger partial charge >= 0.3 is 6.03 Å². The van der Waals surface area contributed by atoms with E-state index in [2.05, 4.69) is 16.7 Å². The highest BCUT2D eigenvalue weighted by Gasteiger charge is 2.27. The number of nitrogens with one attached hydrogen (secondary N) is 2. The fourth-order valence-electron chi connectivity index (χ4n) is 2.36. The summed E-state index contributed by atoms with van der Waals surface area (Å²) in [6, 6.07) is 1.84. The number of carbonyl (C=O) groups is 1. The molecule has 0 atom stereocenters. The number of anilines is 1. The molecular weight excluding hydrogens is 270 g/mol. The molecule has 1 aliphatic carbocycles. The molecule has 96 valence electrons. The van der Waals surface area contributed by atoms with Crippen LogP contribution in [0.25, 0.3) is 0 Å². The van der Waals surface area contributed by atoms with E-state index < -0.39 is 0 Å². The Morgan fingerprint density at radius 3 is 2.72 bits per heavy atom. The maximum atomic E-state index is 11.3. The second kappa shape index (κ2) is 5.59. The lowest BCUT2D eigenvalue weighted by Gasteiger charge is -2.08. The van der Waals surface area contributed by atoms with Gasteiger partial charge in [-0.15, -0.1) is 11.3 Å². The van der Waals surface area contributed by atoms with Gasteiger partial charge in [-0.1, -0.05) is 24.4 Å². The second-order valence-corrected chi connectivity index (χ2v) is 5.91. The Hall–Kier alpha value is -1.25. The zero-order valence-electron chi connectivity index (χ0n) is 10.0. The third-order valence-electron chi connectivity index (χ3n) is 3.23. The van der Waals surface area contributed by atoms with Crippen molar-refractivity contribution in [2.45, 2.75) is 31.6 Å². The first-order valence-electron chi connectivity index (χ1n) is 5.88. The number of nitriles is 1. The van der Waals surface area contributed by atoms with Crippen LogP contribution in [0.1, 0.15) is 42.7 Å². The zero-order chi connectivity index (χ0) is 13.1. The molecule has 0 bridgehead atoms. The number of halogens is 1. The number of rotatable bonds is 2. The van der Waals surface area contributed by atoms with Crippen molar-refractivity contribution in [3.63, 3.8) is 0 Å². The molecule has 1 aliphatic rings. The van der Waals surface area contributed by atoms with Gasteiger partial charge in [0.1, 0.15) is 11.1 Å². The smallest absolute Gasteiger partial charge is 0.319 e. The van der Waals surface area contributed by atoms with Crippen LogP contribution in [0.5, 0.6) is 0 Å². The van der Waals surface area contributed by atoms with Gasteiger partial charge in [0.2, 0.25) is 0 Å². The molecule has 1 heterocycles. The molecule has 0 aliphatic heterocycles. The minimum absolute atomic E-state index is 0.331. The van der Waals surface area contributed by atoms with Gasteiger partial charge in [-0.05, 0) is 18.8 Å². The van der Waals surface area contributed by atoms with Crippen LogP contribution in [0.4, 0.5) is 9.80 Å². The maximum Gasteiger partial charge on any atom is 0.319 e. The van der Waals surface area contributed by atoms with E-state index in [0.29, 0.717) is 20.8 Å². The monoisotopic (exact) mass is 283 g/mol. The standard InChI is InChI=1S/C12H14ClN3OS/c1-15-12(17)16-11-8(6-14)9(10(13)18-11)7-4-2-3-5-7/h7H,2-5H2,1H3,(H2,15,16,17). The van der Waals surface area contributed by atoms with Crippen LogP contribution in [0.2, 0.25) is 4.34 Å². The number of nitrogens with zero attached hydrogens (tertiary/aromatic N) is 1. The maximum absolute atomic E-state index is 11.3. The molecule has 0 radical (unpaired) electrons. The molecule has 0 unspecified atom stereocenters. The van der Waals surface area contributed by atoms with Crippen LogP contribution in [-0.4, -0.2) is 13.1 Å². The Morgan fingerprint density at radius 1 is 1.50 bits per heavy atom. The van der Waals surface area contributed by atoms with E-state index in [1.54, 1.807) is 0 Å². The lowest BCUT2D eigenvalue weighted by molar-refractivity contribution is 0.254. The Balaban J connectivity index is 2.35. The van der Waals surface area contributed by atoms with Gasteiger partial charge in [-0.2, -0.15) is 5.26 Å². The summed E-state index contributed by atoms with van der Waals surface area (Å²) < 4.78 is 0.629. The third kappa shape index (κ3) is 2.45. The Bertz CT molecular complexity index is 500. The van der Waals surface area contributed by atoms with E-state index in [0.717, 1.165) is 18.4 Å². The van der Waals surface area contributed by atoms with Crippen molar-refractivity contribution in [2.24, 2.45) is 0 Å².